The van der Waals surface area contributed by atoms with Crippen molar-refractivity contribution in [3.8, 4) is 27.7 Å². The van der Waals surface area contributed by atoms with E-state index in [-0.39, 0.29) is 18.3 Å². The monoisotopic (exact) mass is 434 g/mol. The molecule has 0 aliphatic carbocycles. The van der Waals surface area contributed by atoms with Crippen LogP contribution in [-0.2, 0) is 0 Å². The number of carbonyl (C=O) groups excluding carboxylic acids is 1. The van der Waals surface area contributed by atoms with Crippen LogP contribution in [0.2, 0.25) is 0 Å². The van der Waals surface area contributed by atoms with Crippen LogP contribution in [0.4, 0.5) is 4.39 Å². The number of nitrogens with one attached hydrogen (secondary N) is 1. The lowest BCUT2D eigenvalue weighted by Crippen LogP contribution is -2.28. The van der Waals surface area contributed by atoms with Gasteiger partial charge in [0, 0.05) is 17.2 Å². The summed E-state index contributed by atoms with van der Waals surface area (Å²) in [7, 11) is 0. The minimum atomic E-state index is -0.302. The lowest BCUT2D eigenvalue weighted by atomic mass is 10.1. The highest BCUT2D eigenvalue weighted by Crippen LogP contribution is 2.27. The standard InChI is InChI=1S/C23H19FN4O2S/c1-15-21(31-23(26-15)17-5-3-2-4-6-17)22(29)25-13-14-30-20-12-11-19(27-28-20)16-7-9-18(24)10-8-16/h2-12H,13-14H2,1H3,(H,25,29). The maximum absolute atomic E-state index is 13.0. The summed E-state index contributed by atoms with van der Waals surface area (Å²) >= 11 is 1.37. The molecular weight excluding hydrogens is 415 g/mol. The number of aromatic nitrogens is 3. The zero-order chi connectivity index (χ0) is 21.6. The topological polar surface area (TPSA) is 77.0 Å². The number of amides is 1. The molecule has 8 heteroatoms. The molecule has 31 heavy (non-hydrogen) atoms. The van der Waals surface area contributed by atoms with E-state index in [1.807, 2.05) is 37.3 Å². The maximum atomic E-state index is 13.0. The third kappa shape index (κ3) is 5.10. The fraction of sp³-hybridized carbons (Fsp3) is 0.130. The van der Waals surface area contributed by atoms with Crippen molar-refractivity contribution in [2.24, 2.45) is 0 Å². The first kappa shape index (κ1) is 20.6. The molecule has 2 heterocycles. The minimum Gasteiger partial charge on any atom is -0.475 e. The van der Waals surface area contributed by atoms with Gasteiger partial charge in [0.15, 0.2) is 0 Å². The number of ether oxygens (including phenoxy) is 1. The maximum Gasteiger partial charge on any atom is 0.263 e. The van der Waals surface area contributed by atoms with Crippen LogP contribution < -0.4 is 10.1 Å². The van der Waals surface area contributed by atoms with Crippen LogP contribution in [0.1, 0.15) is 15.4 Å². The number of carbonyl (C=O) groups is 1. The lowest BCUT2D eigenvalue weighted by Gasteiger charge is -2.07. The molecule has 0 radical (unpaired) electrons. The van der Waals surface area contributed by atoms with Crippen molar-refractivity contribution in [1.29, 1.82) is 0 Å². The van der Waals surface area contributed by atoms with Gasteiger partial charge in [0.25, 0.3) is 5.91 Å². The molecule has 2 aromatic heterocycles. The van der Waals surface area contributed by atoms with Gasteiger partial charge in [-0.15, -0.1) is 21.5 Å². The summed E-state index contributed by atoms with van der Waals surface area (Å²) in [4.78, 5) is 17.6. The quantitative estimate of drug-likeness (QED) is 0.433. The highest BCUT2D eigenvalue weighted by molar-refractivity contribution is 7.17. The number of rotatable bonds is 7. The Morgan fingerprint density at radius 2 is 1.77 bits per heavy atom. The predicted octanol–water partition coefficient (Wildman–Crippen LogP) is 4.52. The Balaban J connectivity index is 1.28. The largest absolute Gasteiger partial charge is 0.475 e. The Hall–Kier alpha value is -3.65. The fourth-order valence-electron chi connectivity index (χ4n) is 2.88. The predicted molar refractivity (Wildman–Crippen MR) is 118 cm³/mol. The van der Waals surface area contributed by atoms with Crippen LogP contribution in [0.25, 0.3) is 21.8 Å². The van der Waals surface area contributed by atoms with E-state index in [9.17, 15) is 9.18 Å². The first-order valence-electron chi connectivity index (χ1n) is 9.63. The molecule has 1 amide bonds. The molecule has 156 valence electrons. The third-order valence-electron chi connectivity index (χ3n) is 4.44. The van der Waals surface area contributed by atoms with E-state index in [1.165, 1.54) is 23.5 Å². The van der Waals surface area contributed by atoms with Gasteiger partial charge in [0.1, 0.15) is 22.3 Å². The van der Waals surface area contributed by atoms with Crippen molar-refractivity contribution in [2.45, 2.75) is 6.92 Å². The van der Waals surface area contributed by atoms with Crippen LogP contribution >= 0.6 is 11.3 Å². The molecule has 0 atom stereocenters. The lowest BCUT2D eigenvalue weighted by molar-refractivity contribution is 0.0949. The second kappa shape index (κ2) is 9.44. The van der Waals surface area contributed by atoms with Crippen molar-refractivity contribution in [1.82, 2.24) is 20.5 Å². The molecule has 1 N–H and O–H groups in total. The second-order valence-corrected chi connectivity index (χ2v) is 7.67. The van der Waals surface area contributed by atoms with E-state index in [0.29, 0.717) is 28.7 Å². The Bertz CT molecular complexity index is 1160. The van der Waals surface area contributed by atoms with Crippen molar-refractivity contribution < 1.29 is 13.9 Å². The molecule has 0 aliphatic heterocycles. The van der Waals surface area contributed by atoms with E-state index in [4.69, 9.17) is 4.74 Å². The number of hydrogen-bond acceptors (Lipinski definition) is 6. The molecule has 6 nitrogen and oxygen atoms in total. The van der Waals surface area contributed by atoms with Gasteiger partial charge in [0.2, 0.25) is 5.88 Å². The SMILES string of the molecule is Cc1nc(-c2ccccc2)sc1C(=O)NCCOc1ccc(-c2ccc(F)cc2)nn1. The average molecular weight is 434 g/mol. The Morgan fingerprint density at radius 1 is 1.00 bits per heavy atom. The number of benzene rings is 2. The smallest absolute Gasteiger partial charge is 0.263 e. The number of thiazole rings is 1. The van der Waals surface area contributed by atoms with Crippen LogP contribution in [0.3, 0.4) is 0 Å². The first-order valence-corrected chi connectivity index (χ1v) is 10.5. The summed E-state index contributed by atoms with van der Waals surface area (Å²) in [6, 6.07) is 19.2. The van der Waals surface area contributed by atoms with Crippen LogP contribution in [-0.4, -0.2) is 34.2 Å². The van der Waals surface area contributed by atoms with E-state index in [1.54, 1.807) is 24.3 Å². The Kier molecular flexibility index (Phi) is 6.28. The van der Waals surface area contributed by atoms with Gasteiger partial charge in [0.05, 0.1) is 17.9 Å². The molecule has 2 aromatic carbocycles. The summed E-state index contributed by atoms with van der Waals surface area (Å²) in [5, 5.41) is 11.8. The molecule has 0 saturated carbocycles. The average Bonchev–Trinajstić information content (AvgIpc) is 3.20. The molecule has 0 bridgehead atoms. The van der Waals surface area contributed by atoms with Gasteiger partial charge in [-0.25, -0.2) is 9.37 Å². The molecule has 0 spiro atoms. The Labute approximate surface area is 182 Å². The molecule has 4 aromatic rings. The van der Waals surface area contributed by atoms with Crippen molar-refractivity contribution in [3.63, 3.8) is 0 Å². The van der Waals surface area contributed by atoms with Gasteiger partial charge < -0.3 is 10.1 Å². The molecule has 4 rings (SSSR count). The van der Waals surface area contributed by atoms with Gasteiger partial charge in [-0.3, -0.25) is 4.79 Å². The molecule has 0 saturated heterocycles. The van der Waals surface area contributed by atoms with Gasteiger partial charge in [-0.05, 0) is 37.3 Å². The third-order valence-corrected chi connectivity index (χ3v) is 5.65. The van der Waals surface area contributed by atoms with E-state index >= 15 is 0 Å². The summed E-state index contributed by atoms with van der Waals surface area (Å²) in [6.07, 6.45) is 0. The molecule has 0 unspecified atom stereocenters. The van der Waals surface area contributed by atoms with Crippen LogP contribution in [0.5, 0.6) is 5.88 Å². The fourth-order valence-corrected chi connectivity index (χ4v) is 3.87. The summed E-state index contributed by atoms with van der Waals surface area (Å²) in [5.74, 6) is -0.137. The van der Waals surface area contributed by atoms with Crippen molar-refractivity contribution >= 4 is 17.2 Å². The summed E-state index contributed by atoms with van der Waals surface area (Å²) in [6.45, 7) is 2.39. The normalized spacial score (nSPS) is 10.6. The number of hydrogen-bond donors (Lipinski definition) is 1. The number of halogens is 1. The highest BCUT2D eigenvalue weighted by atomic mass is 32.1. The molecule has 0 aliphatic rings. The zero-order valence-corrected chi connectivity index (χ0v) is 17.5. The zero-order valence-electron chi connectivity index (χ0n) is 16.7. The van der Waals surface area contributed by atoms with E-state index in [0.717, 1.165) is 16.1 Å². The molecule has 0 fully saturated rings. The van der Waals surface area contributed by atoms with E-state index in [2.05, 4.69) is 20.5 Å². The summed E-state index contributed by atoms with van der Waals surface area (Å²) in [5.41, 5.74) is 3.07. The summed E-state index contributed by atoms with van der Waals surface area (Å²) < 4.78 is 18.6. The first-order chi connectivity index (χ1) is 15.1. The Morgan fingerprint density at radius 3 is 2.48 bits per heavy atom. The van der Waals surface area contributed by atoms with Crippen LogP contribution in [0, 0.1) is 12.7 Å². The van der Waals surface area contributed by atoms with Gasteiger partial charge in [-0.1, -0.05) is 30.3 Å². The number of nitrogens with zero attached hydrogens (tertiary/aromatic N) is 3. The van der Waals surface area contributed by atoms with E-state index < -0.39 is 0 Å². The van der Waals surface area contributed by atoms with Gasteiger partial charge in [-0.2, -0.15) is 0 Å². The van der Waals surface area contributed by atoms with Gasteiger partial charge >= 0.3 is 0 Å². The number of aryl methyl sites for hydroxylation is 1. The van der Waals surface area contributed by atoms with Crippen LogP contribution in [0.15, 0.2) is 66.7 Å². The highest BCUT2D eigenvalue weighted by Gasteiger charge is 2.15. The molecular formula is C23H19FN4O2S. The second-order valence-electron chi connectivity index (χ2n) is 6.67. The minimum absolute atomic E-state index is 0.182. The van der Waals surface area contributed by atoms with Crippen molar-refractivity contribution in [3.05, 3.63) is 83.1 Å². The van der Waals surface area contributed by atoms with Crippen molar-refractivity contribution in [2.75, 3.05) is 13.2 Å².